The number of esters is 1. The molecular formula is C19H28F3NO3S. The second-order valence-electron chi connectivity index (χ2n) is 9.11. The first-order valence-electron chi connectivity index (χ1n) is 10.2. The Bertz CT molecular complexity index is 569. The molecule has 1 spiro atoms. The van der Waals surface area contributed by atoms with Crippen LogP contribution in [0, 0.1) is 33.8 Å². The number of quaternary nitrogens is 1. The van der Waals surface area contributed by atoms with E-state index in [0.717, 1.165) is 62.7 Å². The second kappa shape index (κ2) is 7.10. The molecule has 0 heterocycles. The molecule has 4 rings (SSSR count). The number of rotatable bonds is 10. The van der Waals surface area contributed by atoms with E-state index < -0.39 is 21.9 Å². The summed E-state index contributed by atoms with van der Waals surface area (Å²) in [6.45, 7) is 0.405. The Hall–Kier alpha value is -0.470. The summed E-state index contributed by atoms with van der Waals surface area (Å²) in [5.41, 5.74) is -4.13. The molecule has 4 nitrogen and oxygen atoms in total. The van der Waals surface area contributed by atoms with E-state index in [1.54, 1.807) is 0 Å². The Labute approximate surface area is 162 Å². The fourth-order valence-corrected chi connectivity index (χ4v) is 7.22. The van der Waals surface area contributed by atoms with Gasteiger partial charge in [0.15, 0.2) is 11.9 Å². The largest absolute Gasteiger partial charge is 0.621 e. The van der Waals surface area contributed by atoms with E-state index in [-0.39, 0.29) is 17.9 Å². The molecule has 3 unspecified atom stereocenters. The zero-order valence-electron chi connectivity index (χ0n) is 15.5. The van der Waals surface area contributed by atoms with Gasteiger partial charge in [0.25, 0.3) is 0 Å². The Kier molecular flexibility index (Phi) is 5.21. The third kappa shape index (κ3) is 3.50. The Balaban J connectivity index is 1.05. The summed E-state index contributed by atoms with van der Waals surface area (Å²) in [7, 11) is 0. The topological polar surface area (TPSA) is 53.8 Å². The molecule has 0 aromatic rings. The fourth-order valence-electron chi connectivity index (χ4n) is 6.72. The number of fused-ring (bicyclic) bond motifs is 1. The van der Waals surface area contributed by atoms with Crippen molar-refractivity contribution < 1.29 is 27.2 Å². The van der Waals surface area contributed by atoms with Gasteiger partial charge in [-0.2, -0.15) is 13.2 Å². The summed E-state index contributed by atoms with van der Waals surface area (Å²) in [5.74, 6) is 2.47. The Morgan fingerprint density at radius 1 is 1.07 bits per heavy atom. The van der Waals surface area contributed by atoms with Gasteiger partial charge in [-0.25, -0.2) is 0 Å². The molecule has 0 radical (unpaired) electrons. The fraction of sp³-hybridized carbons (Fsp3) is 0.947. The van der Waals surface area contributed by atoms with Crippen LogP contribution in [0.2, 0.25) is 0 Å². The van der Waals surface area contributed by atoms with Crippen LogP contribution in [0.4, 0.5) is 13.2 Å². The molecule has 4 aliphatic carbocycles. The van der Waals surface area contributed by atoms with Gasteiger partial charge in [0.2, 0.25) is 0 Å². The average molecular weight is 407 g/mol. The number of carbonyl (C=O) groups excluding carboxylic acids is 1. The van der Waals surface area contributed by atoms with Crippen LogP contribution in [-0.4, -0.2) is 24.6 Å². The first-order valence-corrected chi connectivity index (χ1v) is 11.0. The summed E-state index contributed by atoms with van der Waals surface area (Å²) < 4.78 is 40.9. The summed E-state index contributed by atoms with van der Waals surface area (Å²) in [6, 6.07) is 0. The third-order valence-corrected chi connectivity index (χ3v) is 8.42. The number of hydroxylamine groups is 1. The quantitative estimate of drug-likeness (QED) is 0.259. The van der Waals surface area contributed by atoms with Crippen LogP contribution in [0.15, 0.2) is 0 Å². The SMILES string of the molecule is O=C(OCCCCCCC[NH+]([O-])SC(F)(F)F)C12CC3CC4CC(C1)C43C2. The third-order valence-electron chi connectivity index (χ3n) is 7.76. The predicted octanol–water partition coefficient (Wildman–Crippen LogP) is 3.86. The molecule has 0 aliphatic heterocycles. The summed E-state index contributed by atoms with van der Waals surface area (Å²) in [4.78, 5) is 12.7. The van der Waals surface area contributed by atoms with E-state index in [4.69, 9.17) is 4.74 Å². The summed E-state index contributed by atoms with van der Waals surface area (Å²) >= 11 is -0.540. The normalized spacial score (nSPS) is 39.5. The number of ether oxygens (including phenoxy) is 1. The van der Waals surface area contributed by atoms with Gasteiger partial charge in [0.05, 0.1) is 18.6 Å². The van der Waals surface area contributed by atoms with Crippen LogP contribution in [0.3, 0.4) is 0 Å². The average Bonchev–Trinajstić information content (AvgIpc) is 3.03. The molecule has 154 valence electrons. The maximum atomic E-state index is 12.7. The van der Waals surface area contributed by atoms with Crippen molar-refractivity contribution in [3.05, 3.63) is 5.21 Å². The molecular weight excluding hydrogens is 379 g/mol. The molecule has 27 heavy (non-hydrogen) atoms. The van der Waals surface area contributed by atoms with Crippen molar-refractivity contribution in [2.24, 2.45) is 28.6 Å². The molecule has 4 saturated carbocycles. The molecule has 0 amide bonds. The lowest BCUT2D eigenvalue weighted by Gasteiger charge is -2.66. The molecule has 4 fully saturated rings. The van der Waals surface area contributed by atoms with Crippen molar-refractivity contribution in [3.63, 3.8) is 0 Å². The summed E-state index contributed by atoms with van der Waals surface area (Å²) in [5, 5.41) is 11.1. The van der Waals surface area contributed by atoms with Crippen molar-refractivity contribution in [3.8, 4) is 0 Å². The van der Waals surface area contributed by atoms with Gasteiger partial charge in [0.1, 0.15) is 0 Å². The van der Waals surface area contributed by atoms with Crippen molar-refractivity contribution >= 4 is 17.9 Å². The lowest BCUT2D eigenvalue weighted by Crippen LogP contribution is -3.01. The minimum atomic E-state index is -4.47. The van der Waals surface area contributed by atoms with Crippen molar-refractivity contribution in [1.82, 2.24) is 0 Å². The molecule has 4 aliphatic rings. The molecule has 3 atom stereocenters. The van der Waals surface area contributed by atoms with Crippen LogP contribution in [0.5, 0.6) is 0 Å². The van der Waals surface area contributed by atoms with E-state index in [2.05, 4.69) is 0 Å². The minimum absolute atomic E-state index is 0.0224. The number of nitrogens with one attached hydrogen (secondary N) is 1. The maximum absolute atomic E-state index is 12.7. The highest BCUT2D eigenvalue weighted by Crippen LogP contribution is 2.84. The number of carbonyl (C=O) groups is 1. The van der Waals surface area contributed by atoms with Gasteiger partial charge >= 0.3 is 11.5 Å². The van der Waals surface area contributed by atoms with Gasteiger partial charge in [-0.3, -0.25) is 4.79 Å². The van der Waals surface area contributed by atoms with Crippen LogP contribution >= 0.6 is 11.9 Å². The monoisotopic (exact) mass is 407 g/mol. The standard InChI is InChI=1S/C19H28F3NO3S/c20-19(21,22)27-23(25)6-4-2-1-3-5-7-26-16(24)17-10-14-8-13-9-15(11-17)18(13,14)12-17/h13-15,23H,1-12H2. The van der Waals surface area contributed by atoms with Crippen LogP contribution in [-0.2, 0) is 9.53 Å². The van der Waals surface area contributed by atoms with Gasteiger partial charge in [0, 0.05) is 0 Å². The zero-order valence-corrected chi connectivity index (χ0v) is 16.3. The highest BCUT2D eigenvalue weighted by Gasteiger charge is 2.79. The highest BCUT2D eigenvalue weighted by atomic mass is 32.2. The van der Waals surface area contributed by atoms with Crippen molar-refractivity contribution in [2.75, 3.05) is 13.2 Å². The number of hydrogen-bond acceptors (Lipinski definition) is 4. The van der Waals surface area contributed by atoms with E-state index >= 15 is 0 Å². The number of alkyl halides is 3. The van der Waals surface area contributed by atoms with E-state index in [9.17, 15) is 23.2 Å². The van der Waals surface area contributed by atoms with E-state index in [1.807, 2.05) is 0 Å². The molecule has 2 bridgehead atoms. The summed E-state index contributed by atoms with van der Waals surface area (Å²) in [6.07, 6.45) is 9.54. The molecule has 0 saturated heterocycles. The Morgan fingerprint density at radius 2 is 1.70 bits per heavy atom. The van der Waals surface area contributed by atoms with E-state index in [0.29, 0.717) is 18.4 Å². The number of hydrogen-bond donors (Lipinski definition) is 1. The van der Waals surface area contributed by atoms with Crippen molar-refractivity contribution in [2.45, 2.75) is 69.7 Å². The zero-order chi connectivity index (χ0) is 19.3. The molecule has 1 N–H and O–H groups in total. The lowest BCUT2D eigenvalue weighted by atomic mass is 9.38. The number of unbranched alkanes of at least 4 members (excludes halogenated alkanes) is 4. The number of halogens is 3. The molecule has 8 heteroatoms. The van der Waals surface area contributed by atoms with Crippen LogP contribution in [0.1, 0.15) is 64.2 Å². The lowest BCUT2D eigenvalue weighted by molar-refractivity contribution is -0.698. The highest BCUT2D eigenvalue weighted by molar-refractivity contribution is 7.93. The first kappa shape index (κ1) is 19.8. The van der Waals surface area contributed by atoms with E-state index in [1.165, 1.54) is 12.8 Å². The Morgan fingerprint density at radius 3 is 2.30 bits per heavy atom. The second-order valence-corrected chi connectivity index (χ2v) is 10.2. The minimum Gasteiger partial charge on any atom is -0.621 e. The predicted molar refractivity (Wildman–Crippen MR) is 95.3 cm³/mol. The van der Waals surface area contributed by atoms with Gasteiger partial charge in [-0.1, -0.05) is 12.8 Å². The van der Waals surface area contributed by atoms with Crippen LogP contribution < -0.4 is 4.47 Å². The molecule has 0 aromatic carbocycles. The van der Waals surface area contributed by atoms with Gasteiger partial charge in [-0.15, -0.1) is 0 Å². The smallest absolute Gasteiger partial charge is 0.496 e. The van der Waals surface area contributed by atoms with Gasteiger partial charge < -0.3 is 14.4 Å². The molecule has 0 aromatic heterocycles. The van der Waals surface area contributed by atoms with Crippen molar-refractivity contribution in [1.29, 1.82) is 0 Å². The maximum Gasteiger partial charge on any atom is 0.496 e. The van der Waals surface area contributed by atoms with Gasteiger partial charge in [-0.05, 0) is 74.5 Å². The van der Waals surface area contributed by atoms with Crippen LogP contribution in [0.25, 0.3) is 0 Å². The first-order chi connectivity index (χ1) is 12.8.